The van der Waals surface area contributed by atoms with Gasteiger partial charge in [0.1, 0.15) is 5.75 Å². The molecule has 1 unspecified atom stereocenters. The van der Waals surface area contributed by atoms with Crippen molar-refractivity contribution in [3.05, 3.63) is 53.1 Å². The highest BCUT2D eigenvalue weighted by Gasteiger charge is 2.32. The van der Waals surface area contributed by atoms with E-state index in [1.165, 1.54) is 22.1 Å². The molecule has 0 spiro atoms. The Kier molecular flexibility index (Phi) is 5.93. The first kappa shape index (κ1) is 18.8. The van der Waals surface area contributed by atoms with Gasteiger partial charge in [-0.25, -0.2) is 0 Å². The summed E-state index contributed by atoms with van der Waals surface area (Å²) in [4.78, 5) is 2.20. The lowest BCUT2D eigenvalue weighted by molar-refractivity contribution is 0.448. The number of hydrogen-bond donors (Lipinski definition) is 1. The Labute approximate surface area is 148 Å². The van der Waals surface area contributed by atoms with E-state index in [1.54, 1.807) is 0 Å². The van der Waals surface area contributed by atoms with Gasteiger partial charge >= 0.3 is 0 Å². The molecule has 0 saturated heterocycles. The molecule has 0 radical (unpaired) electrons. The zero-order valence-electron chi connectivity index (χ0n) is 15.8. The van der Waals surface area contributed by atoms with Crippen LogP contribution in [0.4, 0.5) is 5.69 Å². The molecule has 0 bridgehead atoms. The fraction of sp³-hybridized carbons (Fsp3) is 0.429. The number of rotatable bonds is 6. The number of aromatic hydroxyl groups is 1. The van der Waals surface area contributed by atoms with Crippen LogP contribution >= 0.6 is 8.58 Å². The van der Waals surface area contributed by atoms with Crippen LogP contribution in [0.1, 0.15) is 43.4 Å². The zero-order chi connectivity index (χ0) is 17.9. The molecule has 1 N–H and O–H groups in total. The van der Waals surface area contributed by atoms with E-state index in [9.17, 15) is 5.11 Å². The number of benzene rings is 2. The first-order chi connectivity index (χ1) is 11.3. The lowest BCUT2D eigenvalue weighted by Gasteiger charge is -2.35. The number of phenolic OH excluding ortho intramolecular Hbond substituents is 1. The zero-order valence-corrected chi connectivity index (χ0v) is 16.8. The molecule has 0 heterocycles. The first-order valence-electron chi connectivity index (χ1n) is 8.69. The minimum absolute atomic E-state index is 0.0177. The van der Waals surface area contributed by atoms with E-state index in [4.69, 9.17) is 0 Å². The number of nitrogens with zero attached hydrogens (tertiary/aromatic N) is 1. The van der Waals surface area contributed by atoms with E-state index in [0.717, 1.165) is 18.4 Å². The number of hydrogen-bond acceptors (Lipinski definition) is 2. The van der Waals surface area contributed by atoms with Crippen LogP contribution in [-0.2, 0) is 5.16 Å². The third kappa shape index (κ3) is 3.75. The van der Waals surface area contributed by atoms with Gasteiger partial charge in [-0.2, -0.15) is 0 Å². The summed E-state index contributed by atoms with van der Waals surface area (Å²) < 4.78 is 0. The third-order valence-electron chi connectivity index (χ3n) is 4.88. The number of phenols is 1. The van der Waals surface area contributed by atoms with Gasteiger partial charge in [0.05, 0.1) is 0 Å². The Balaban J connectivity index is 2.55. The summed E-state index contributed by atoms with van der Waals surface area (Å²) in [5.41, 5.74) is 4.86. The molecule has 2 nitrogen and oxygen atoms in total. The van der Waals surface area contributed by atoms with E-state index < -0.39 is 0 Å². The van der Waals surface area contributed by atoms with Crippen molar-refractivity contribution >= 4 is 19.6 Å². The minimum atomic E-state index is -0.0177. The Morgan fingerprint density at radius 2 is 1.54 bits per heavy atom. The Bertz CT molecular complexity index is 705. The lowest BCUT2D eigenvalue weighted by atomic mass is 9.91. The third-order valence-corrected chi connectivity index (χ3v) is 7.03. The van der Waals surface area contributed by atoms with Gasteiger partial charge in [0, 0.05) is 30.5 Å². The Morgan fingerprint density at radius 1 is 0.958 bits per heavy atom. The second kappa shape index (κ2) is 7.57. The quantitative estimate of drug-likeness (QED) is 0.738. The summed E-state index contributed by atoms with van der Waals surface area (Å²) in [6.45, 7) is 8.71. The van der Waals surface area contributed by atoms with Crippen molar-refractivity contribution in [1.82, 2.24) is 0 Å². The summed E-state index contributed by atoms with van der Waals surface area (Å²) in [6.07, 6.45) is 2.03. The average molecular weight is 343 g/mol. The van der Waals surface area contributed by atoms with Crippen molar-refractivity contribution in [3.63, 3.8) is 0 Å². The van der Waals surface area contributed by atoms with Crippen LogP contribution < -0.4 is 10.2 Å². The molecule has 2 aromatic rings. The largest absolute Gasteiger partial charge is 0.508 e. The molecule has 3 heteroatoms. The van der Waals surface area contributed by atoms with Gasteiger partial charge in [-0.3, -0.25) is 0 Å². The highest BCUT2D eigenvalue weighted by atomic mass is 31.1. The molecule has 130 valence electrons. The van der Waals surface area contributed by atoms with E-state index in [2.05, 4.69) is 71.0 Å². The molecule has 24 heavy (non-hydrogen) atoms. The van der Waals surface area contributed by atoms with Gasteiger partial charge in [0.25, 0.3) is 0 Å². The summed E-state index contributed by atoms with van der Waals surface area (Å²) in [5, 5.41) is 11.9. The minimum Gasteiger partial charge on any atom is -0.508 e. The van der Waals surface area contributed by atoms with Crippen molar-refractivity contribution in [3.8, 4) is 5.75 Å². The first-order valence-corrected chi connectivity index (χ1v) is 9.69. The molecular weight excluding hydrogens is 313 g/mol. The van der Waals surface area contributed by atoms with Crippen LogP contribution in [0.5, 0.6) is 5.75 Å². The Morgan fingerprint density at radius 3 is 2.12 bits per heavy atom. The van der Waals surface area contributed by atoms with E-state index in [0.29, 0.717) is 14.3 Å². The van der Waals surface area contributed by atoms with Gasteiger partial charge in [0.15, 0.2) is 0 Å². The van der Waals surface area contributed by atoms with Gasteiger partial charge in [0.2, 0.25) is 0 Å². The van der Waals surface area contributed by atoms with Gasteiger partial charge < -0.3 is 10.0 Å². The van der Waals surface area contributed by atoms with E-state index in [1.807, 2.05) is 12.1 Å². The standard InChI is InChI=1S/C21H30NOP/c1-7-21(8-2,17-13-15(3)9-11-19(17)23)24-20-12-10-16(4)14-18(20)22(5)6/h9-14,23-24H,7-8H2,1-6H3. The van der Waals surface area contributed by atoms with Crippen LogP contribution in [0.15, 0.2) is 36.4 Å². The second-order valence-corrected chi connectivity index (χ2v) is 8.60. The fourth-order valence-corrected chi connectivity index (χ4v) is 5.08. The maximum atomic E-state index is 10.5. The number of anilines is 1. The average Bonchev–Trinajstić information content (AvgIpc) is 2.56. The molecule has 0 fully saturated rings. The van der Waals surface area contributed by atoms with Crippen LogP contribution in [0.2, 0.25) is 0 Å². The summed E-state index contributed by atoms with van der Waals surface area (Å²) in [6, 6.07) is 12.7. The molecule has 2 aromatic carbocycles. The topological polar surface area (TPSA) is 23.5 Å². The summed E-state index contributed by atoms with van der Waals surface area (Å²) >= 11 is 0. The van der Waals surface area contributed by atoms with Crippen molar-refractivity contribution in [1.29, 1.82) is 0 Å². The summed E-state index contributed by atoms with van der Waals surface area (Å²) in [5.74, 6) is 0.426. The summed E-state index contributed by atoms with van der Waals surface area (Å²) in [7, 11) is 4.83. The van der Waals surface area contributed by atoms with Gasteiger partial charge in [-0.1, -0.05) is 52.3 Å². The maximum absolute atomic E-state index is 10.5. The molecule has 0 aliphatic carbocycles. The molecule has 0 amide bonds. The van der Waals surface area contributed by atoms with Crippen LogP contribution in [0.3, 0.4) is 0 Å². The van der Waals surface area contributed by atoms with Gasteiger partial charge in [-0.15, -0.1) is 0 Å². The molecule has 2 rings (SSSR count). The molecule has 0 aromatic heterocycles. The van der Waals surface area contributed by atoms with Crippen molar-refractivity contribution in [2.75, 3.05) is 19.0 Å². The van der Waals surface area contributed by atoms with Crippen LogP contribution in [0.25, 0.3) is 0 Å². The van der Waals surface area contributed by atoms with Crippen molar-refractivity contribution in [2.45, 2.75) is 45.7 Å². The molecule has 0 saturated carbocycles. The molecule has 0 aliphatic heterocycles. The molecular formula is C21H30NOP. The second-order valence-electron chi connectivity index (χ2n) is 6.85. The van der Waals surface area contributed by atoms with E-state index >= 15 is 0 Å². The predicted octanol–water partition coefficient (Wildman–Crippen LogP) is 5.09. The SMILES string of the molecule is CCC(CC)(Pc1ccc(C)cc1N(C)C)c1cc(C)ccc1O. The van der Waals surface area contributed by atoms with Crippen LogP contribution in [0, 0.1) is 13.8 Å². The smallest absolute Gasteiger partial charge is 0.119 e. The highest BCUT2D eigenvalue weighted by Crippen LogP contribution is 2.50. The predicted molar refractivity (Wildman–Crippen MR) is 109 cm³/mol. The van der Waals surface area contributed by atoms with Gasteiger partial charge in [-0.05, 0) is 49.7 Å². The monoisotopic (exact) mass is 343 g/mol. The van der Waals surface area contributed by atoms with Crippen molar-refractivity contribution in [2.24, 2.45) is 0 Å². The normalized spacial score (nSPS) is 12.1. The van der Waals surface area contributed by atoms with E-state index in [-0.39, 0.29) is 5.16 Å². The van der Waals surface area contributed by atoms with Crippen LogP contribution in [-0.4, -0.2) is 19.2 Å². The fourth-order valence-electron chi connectivity index (χ4n) is 3.28. The highest BCUT2D eigenvalue weighted by molar-refractivity contribution is 7.49. The molecule has 1 atom stereocenters. The maximum Gasteiger partial charge on any atom is 0.119 e. The van der Waals surface area contributed by atoms with Crippen molar-refractivity contribution < 1.29 is 5.11 Å². The lowest BCUT2D eigenvalue weighted by Crippen LogP contribution is -2.25. The Hall–Kier alpha value is -1.53. The number of aryl methyl sites for hydroxylation is 2. The molecule has 0 aliphatic rings.